The molecular weight excluding hydrogens is 334 g/mol. The van der Waals surface area contributed by atoms with Gasteiger partial charge in [-0.05, 0) is 32.4 Å². The second kappa shape index (κ2) is 8.92. The van der Waals surface area contributed by atoms with Crippen LogP contribution in [0, 0.1) is 13.8 Å². The van der Waals surface area contributed by atoms with Gasteiger partial charge in [-0.3, -0.25) is 9.59 Å². The number of Topliss-reactive ketones (excluding diaryl/α,β-unsaturated/α-hetero) is 1. The molecule has 5 heteroatoms. The Kier molecular flexibility index (Phi) is 6.91. The van der Waals surface area contributed by atoms with Crippen molar-refractivity contribution in [2.45, 2.75) is 52.2 Å². The first-order valence-corrected chi connectivity index (χ1v) is 9.30. The molecule has 4 nitrogen and oxygen atoms in total. The van der Waals surface area contributed by atoms with Crippen LogP contribution in [-0.4, -0.2) is 28.9 Å². The van der Waals surface area contributed by atoms with Crippen LogP contribution in [0.15, 0.2) is 36.4 Å². The summed E-state index contributed by atoms with van der Waals surface area (Å²) in [6.07, 6.45) is 0.137. The average molecular weight is 359 g/mol. The quantitative estimate of drug-likeness (QED) is 0.710. The van der Waals surface area contributed by atoms with Crippen LogP contribution in [-0.2, 0) is 11.2 Å². The van der Waals surface area contributed by atoms with Crippen molar-refractivity contribution in [2.24, 2.45) is 0 Å². The smallest absolute Gasteiger partial charge is 0.220 e. The fourth-order valence-electron chi connectivity index (χ4n) is 2.72. The molecule has 0 aliphatic heterocycles. The van der Waals surface area contributed by atoms with E-state index in [4.69, 9.17) is 0 Å². The van der Waals surface area contributed by atoms with Crippen LogP contribution in [0.4, 0.5) is 0 Å². The maximum absolute atomic E-state index is 12.2. The number of ketones is 1. The summed E-state index contributed by atoms with van der Waals surface area (Å²) >= 11 is 1.59. The zero-order valence-corrected chi connectivity index (χ0v) is 15.7. The highest BCUT2D eigenvalue weighted by molar-refractivity contribution is 7.12. The number of rotatable bonds is 8. The monoisotopic (exact) mass is 359 g/mol. The van der Waals surface area contributed by atoms with E-state index in [9.17, 15) is 14.7 Å². The fraction of sp³-hybridized carbons (Fsp3) is 0.400. The SMILES string of the molecule is Cc1cc(C(=O)CCC(=O)N[C@@H](C)[C@H](O)Cc2ccccc2)c(C)s1. The van der Waals surface area contributed by atoms with E-state index in [1.807, 2.05) is 50.2 Å². The normalized spacial score (nSPS) is 13.3. The maximum atomic E-state index is 12.2. The Balaban J connectivity index is 1.79. The molecule has 0 spiro atoms. The maximum Gasteiger partial charge on any atom is 0.220 e. The lowest BCUT2D eigenvalue weighted by atomic mass is 10.0. The summed E-state index contributed by atoms with van der Waals surface area (Å²) in [5, 5.41) is 13.0. The Hall–Kier alpha value is -1.98. The van der Waals surface area contributed by atoms with Gasteiger partial charge >= 0.3 is 0 Å². The zero-order chi connectivity index (χ0) is 18.4. The molecule has 0 radical (unpaired) electrons. The molecule has 1 heterocycles. The van der Waals surface area contributed by atoms with Crippen molar-refractivity contribution in [1.29, 1.82) is 0 Å². The van der Waals surface area contributed by atoms with Gasteiger partial charge in [0.1, 0.15) is 0 Å². The van der Waals surface area contributed by atoms with E-state index in [1.165, 1.54) is 0 Å². The van der Waals surface area contributed by atoms with Crippen molar-refractivity contribution in [1.82, 2.24) is 5.32 Å². The molecule has 0 unspecified atom stereocenters. The average Bonchev–Trinajstić information content (AvgIpc) is 2.92. The molecule has 2 N–H and O–H groups in total. The first-order chi connectivity index (χ1) is 11.9. The molecule has 1 aromatic heterocycles. The summed E-state index contributed by atoms with van der Waals surface area (Å²) in [7, 11) is 0. The lowest BCUT2D eigenvalue weighted by Gasteiger charge is -2.20. The van der Waals surface area contributed by atoms with Gasteiger partial charge in [-0.1, -0.05) is 30.3 Å². The number of nitrogens with one attached hydrogen (secondary N) is 1. The number of benzene rings is 1. The van der Waals surface area contributed by atoms with Gasteiger partial charge in [0.05, 0.1) is 12.1 Å². The number of carbonyl (C=O) groups is 2. The van der Waals surface area contributed by atoms with Crippen molar-refractivity contribution in [2.75, 3.05) is 0 Å². The first-order valence-electron chi connectivity index (χ1n) is 8.48. The minimum absolute atomic E-state index is 0.00510. The van der Waals surface area contributed by atoms with E-state index >= 15 is 0 Å². The lowest BCUT2D eigenvalue weighted by Crippen LogP contribution is -2.42. The van der Waals surface area contributed by atoms with Crippen LogP contribution < -0.4 is 5.32 Å². The molecule has 0 aliphatic rings. The molecule has 1 amide bonds. The number of aliphatic hydroxyl groups is 1. The molecule has 2 atom stereocenters. The van der Waals surface area contributed by atoms with Crippen LogP contribution in [0.3, 0.4) is 0 Å². The first kappa shape index (κ1) is 19.3. The highest BCUT2D eigenvalue weighted by Crippen LogP contribution is 2.22. The summed E-state index contributed by atoms with van der Waals surface area (Å²) in [4.78, 5) is 26.4. The minimum Gasteiger partial charge on any atom is -0.391 e. The number of amides is 1. The van der Waals surface area contributed by atoms with Crippen molar-refractivity contribution in [3.05, 3.63) is 57.3 Å². The Morgan fingerprint density at radius 1 is 1.16 bits per heavy atom. The van der Waals surface area contributed by atoms with Crippen LogP contribution in [0.1, 0.15) is 45.4 Å². The Morgan fingerprint density at radius 2 is 1.84 bits per heavy atom. The molecule has 25 heavy (non-hydrogen) atoms. The molecule has 0 bridgehead atoms. The summed E-state index contributed by atoms with van der Waals surface area (Å²) in [5.74, 6) is -0.216. The second-order valence-corrected chi connectivity index (χ2v) is 7.82. The summed E-state index contributed by atoms with van der Waals surface area (Å²) in [5.41, 5.74) is 1.74. The van der Waals surface area contributed by atoms with E-state index < -0.39 is 6.10 Å². The largest absolute Gasteiger partial charge is 0.391 e. The highest BCUT2D eigenvalue weighted by Gasteiger charge is 2.18. The molecule has 0 saturated carbocycles. The van der Waals surface area contributed by atoms with E-state index in [2.05, 4.69) is 5.32 Å². The van der Waals surface area contributed by atoms with Crippen LogP contribution >= 0.6 is 11.3 Å². The van der Waals surface area contributed by atoms with Crippen molar-refractivity contribution in [3.8, 4) is 0 Å². The topological polar surface area (TPSA) is 66.4 Å². The lowest BCUT2D eigenvalue weighted by molar-refractivity contribution is -0.122. The van der Waals surface area contributed by atoms with Gasteiger partial charge in [0.25, 0.3) is 0 Å². The number of aryl methyl sites for hydroxylation is 2. The Morgan fingerprint density at radius 3 is 2.44 bits per heavy atom. The summed E-state index contributed by atoms with van der Waals surface area (Å²) < 4.78 is 0. The predicted octanol–water partition coefficient (Wildman–Crippen LogP) is 3.44. The number of carbonyl (C=O) groups excluding carboxylic acids is 2. The predicted molar refractivity (Wildman–Crippen MR) is 101 cm³/mol. The van der Waals surface area contributed by atoms with Crippen LogP contribution in [0.2, 0.25) is 0 Å². The molecule has 2 rings (SSSR count). The molecule has 1 aromatic carbocycles. The van der Waals surface area contributed by atoms with Gasteiger partial charge < -0.3 is 10.4 Å². The minimum atomic E-state index is -0.663. The van der Waals surface area contributed by atoms with Crippen LogP contribution in [0.25, 0.3) is 0 Å². The third kappa shape index (κ3) is 5.80. The Bertz CT molecular complexity index is 724. The van der Waals surface area contributed by atoms with Gasteiger partial charge in [-0.15, -0.1) is 11.3 Å². The number of hydrogen-bond acceptors (Lipinski definition) is 4. The summed E-state index contributed by atoms with van der Waals surface area (Å²) in [6.45, 7) is 5.67. The van der Waals surface area contributed by atoms with Gasteiger partial charge in [-0.2, -0.15) is 0 Å². The van der Waals surface area contributed by atoms with E-state index in [1.54, 1.807) is 18.3 Å². The standard InChI is InChI=1S/C20H25NO3S/c1-13-11-17(15(3)25-13)18(22)9-10-20(24)21-14(2)19(23)12-16-7-5-4-6-8-16/h4-8,11,14,19,23H,9-10,12H2,1-3H3,(H,21,24)/t14-,19+/m0/s1. The van der Waals surface area contributed by atoms with Crippen molar-refractivity contribution >= 4 is 23.0 Å². The van der Waals surface area contributed by atoms with E-state index in [0.717, 1.165) is 15.3 Å². The van der Waals surface area contributed by atoms with Crippen LogP contribution in [0.5, 0.6) is 0 Å². The number of aliphatic hydroxyl groups excluding tert-OH is 1. The second-order valence-electron chi connectivity index (χ2n) is 6.36. The highest BCUT2D eigenvalue weighted by atomic mass is 32.1. The summed E-state index contributed by atoms with van der Waals surface area (Å²) in [6, 6.07) is 11.2. The third-order valence-electron chi connectivity index (χ3n) is 4.17. The van der Waals surface area contributed by atoms with Gasteiger partial charge in [0.2, 0.25) is 5.91 Å². The van der Waals surface area contributed by atoms with E-state index in [0.29, 0.717) is 12.0 Å². The number of thiophene rings is 1. The van der Waals surface area contributed by atoms with Gasteiger partial charge in [0.15, 0.2) is 5.78 Å². The van der Waals surface area contributed by atoms with Crippen molar-refractivity contribution in [3.63, 3.8) is 0 Å². The fourth-order valence-corrected chi connectivity index (χ4v) is 3.67. The molecule has 134 valence electrons. The Labute approximate surface area is 152 Å². The molecule has 0 aliphatic carbocycles. The van der Waals surface area contributed by atoms with Gasteiger partial charge in [0, 0.05) is 34.6 Å². The molecule has 2 aromatic rings. The third-order valence-corrected chi connectivity index (χ3v) is 5.14. The molecule has 0 saturated heterocycles. The van der Waals surface area contributed by atoms with E-state index in [-0.39, 0.29) is 30.6 Å². The zero-order valence-electron chi connectivity index (χ0n) is 14.9. The number of hydrogen-bond donors (Lipinski definition) is 2. The molecule has 0 fully saturated rings. The van der Waals surface area contributed by atoms with Crippen molar-refractivity contribution < 1.29 is 14.7 Å². The van der Waals surface area contributed by atoms with Gasteiger partial charge in [-0.25, -0.2) is 0 Å². The molecular formula is C20H25NO3S.